The van der Waals surface area contributed by atoms with Crippen LogP contribution in [0, 0.1) is 13.8 Å². The number of methoxy groups -OCH3 is 2. The minimum absolute atomic E-state index is 0.370. The Hall–Kier alpha value is -4.54. The summed E-state index contributed by atoms with van der Waals surface area (Å²) in [4.78, 5) is 19.6. The van der Waals surface area contributed by atoms with Crippen LogP contribution in [0.2, 0.25) is 0 Å². The first-order valence-corrected chi connectivity index (χ1v) is 13.8. The number of hydrogen-bond acceptors (Lipinski definition) is 8. The molecule has 5 rings (SSSR count). The van der Waals surface area contributed by atoms with E-state index in [1.165, 1.54) is 0 Å². The third-order valence-corrected chi connectivity index (χ3v) is 7.05. The number of ether oxygens (including phenoxy) is 5. The molecule has 0 atom stereocenters. The van der Waals surface area contributed by atoms with E-state index >= 15 is 0 Å². The van der Waals surface area contributed by atoms with E-state index in [0.717, 1.165) is 55.0 Å². The number of rotatable bonds is 10. The van der Waals surface area contributed by atoms with Crippen molar-refractivity contribution in [1.82, 2.24) is 9.88 Å². The predicted octanol–water partition coefficient (Wildman–Crippen LogP) is 6.02. The van der Waals surface area contributed by atoms with Gasteiger partial charge in [0.1, 0.15) is 23.9 Å². The zero-order chi connectivity index (χ0) is 29.5. The summed E-state index contributed by atoms with van der Waals surface area (Å²) >= 11 is 0. The zero-order valence-corrected chi connectivity index (χ0v) is 24.4. The first-order chi connectivity index (χ1) is 20.4. The van der Waals surface area contributed by atoms with Crippen molar-refractivity contribution in [2.75, 3.05) is 64.3 Å². The van der Waals surface area contributed by atoms with Crippen molar-refractivity contribution < 1.29 is 28.5 Å². The Morgan fingerprint density at radius 1 is 0.881 bits per heavy atom. The van der Waals surface area contributed by atoms with Gasteiger partial charge < -0.3 is 34.3 Å². The summed E-state index contributed by atoms with van der Waals surface area (Å²) in [5.41, 5.74) is 4.00. The highest BCUT2D eigenvalue weighted by Gasteiger charge is 2.16. The Labute approximate surface area is 245 Å². The van der Waals surface area contributed by atoms with E-state index in [0.29, 0.717) is 46.6 Å². The summed E-state index contributed by atoms with van der Waals surface area (Å²) in [6.07, 6.45) is 1.69. The lowest BCUT2D eigenvalue weighted by atomic mass is 10.1. The molecule has 2 heterocycles. The number of aromatic nitrogens is 1. The summed E-state index contributed by atoms with van der Waals surface area (Å²) in [7, 11) is 3.15. The first kappa shape index (κ1) is 29.0. The van der Waals surface area contributed by atoms with E-state index < -0.39 is 0 Å². The van der Waals surface area contributed by atoms with Gasteiger partial charge >= 0.3 is 6.03 Å². The number of nitrogens with zero attached hydrogens (tertiary/aromatic N) is 2. The van der Waals surface area contributed by atoms with Crippen LogP contribution in [0.4, 0.5) is 16.2 Å². The maximum Gasteiger partial charge on any atom is 0.323 e. The Balaban J connectivity index is 1.29. The van der Waals surface area contributed by atoms with Crippen molar-refractivity contribution in [3.63, 3.8) is 0 Å². The lowest BCUT2D eigenvalue weighted by Crippen LogP contribution is -2.38. The normalized spacial score (nSPS) is 13.4. The highest BCUT2D eigenvalue weighted by Crippen LogP contribution is 2.38. The number of morpholine rings is 1. The van der Waals surface area contributed by atoms with Crippen LogP contribution in [-0.4, -0.2) is 69.6 Å². The molecule has 0 bridgehead atoms. The fourth-order valence-corrected chi connectivity index (χ4v) is 4.71. The molecule has 1 aliphatic rings. The number of aryl methyl sites for hydroxylation is 2. The number of urea groups is 1. The molecule has 10 nitrogen and oxygen atoms in total. The molecular formula is C32H36N4O6. The molecule has 2 amide bonds. The monoisotopic (exact) mass is 572 g/mol. The van der Waals surface area contributed by atoms with Gasteiger partial charge in [-0.25, -0.2) is 4.79 Å². The van der Waals surface area contributed by atoms with Gasteiger partial charge in [-0.15, -0.1) is 0 Å². The number of nitrogens with one attached hydrogen (secondary N) is 2. The van der Waals surface area contributed by atoms with E-state index in [2.05, 4.69) is 20.5 Å². The molecule has 1 fully saturated rings. The van der Waals surface area contributed by atoms with E-state index in [4.69, 9.17) is 23.7 Å². The number of hydrogen-bond donors (Lipinski definition) is 2. The number of carbonyl (C=O) groups is 1. The van der Waals surface area contributed by atoms with Gasteiger partial charge in [-0.2, -0.15) is 0 Å². The molecule has 0 saturated carbocycles. The summed E-state index contributed by atoms with van der Waals surface area (Å²) < 4.78 is 28.9. The molecule has 2 N–H and O–H groups in total. The van der Waals surface area contributed by atoms with Gasteiger partial charge in [0.05, 0.1) is 38.6 Å². The molecular weight excluding hydrogens is 536 g/mol. The highest BCUT2D eigenvalue weighted by molar-refractivity contribution is 6.01. The molecule has 0 aliphatic carbocycles. The van der Waals surface area contributed by atoms with Gasteiger partial charge in [-0.3, -0.25) is 9.88 Å². The summed E-state index contributed by atoms with van der Waals surface area (Å²) in [5.74, 6) is 2.79. The van der Waals surface area contributed by atoms with Crippen LogP contribution in [0.1, 0.15) is 11.1 Å². The predicted molar refractivity (Wildman–Crippen MR) is 163 cm³/mol. The van der Waals surface area contributed by atoms with Gasteiger partial charge in [0.25, 0.3) is 0 Å². The lowest BCUT2D eigenvalue weighted by Gasteiger charge is -2.26. The molecule has 1 aliphatic heterocycles. The number of amides is 2. The summed E-state index contributed by atoms with van der Waals surface area (Å²) in [5, 5.41) is 6.52. The summed E-state index contributed by atoms with van der Waals surface area (Å²) in [6.45, 7) is 8.57. The average molecular weight is 573 g/mol. The molecule has 42 heavy (non-hydrogen) atoms. The second-order valence-electron chi connectivity index (χ2n) is 9.99. The molecule has 1 saturated heterocycles. The van der Waals surface area contributed by atoms with Crippen LogP contribution in [-0.2, 0) is 4.74 Å². The number of anilines is 2. The van der Waals surface area contributed by atoms with Crippen LogP contribution < -0.4 is 29.6 Å². The van der Waals surface area contributed by atoms with Crippen molar-refractivity contribution in [3.8, 4) is 28.7 Å². The van der Waals surface area contributed by atoms with Crippen molar-refractivity contribution in [2.45, 2.75) is 13.8 Å². The average Bonchev–Trinajstić information content (AvgIpc) is 3.00. The lowest BCUT2D eigenvalue weighted by molar-refractivity contribution is 0.0321. The first-order valence-electron chi connectivity index (χ1n) is 13.8. The van der Waals surface area contributed by atoms with Gasteiger partial charge in [0, 0.05) is 49.0 Å². The SMILES string of the molecule is COc1cc(Oc2ccnc3cc(OCCN4CCOCC4)c(OC)cc23)ccc1NC(=O)Nc1cc(C)ccc1C. The highest BCUT2D eigenvalue weighted by atomic mass is 16.5. The Bertz CT molecular complexity index is 1550. The molecule has 1 aromatic heterocycles. The molecule has 220 valence electrons. The van der Waals surface area contributed by atoms with Crippen LogP contribution in [0.5, 0.6) is 28.7 Å². The molecule has 4 aromatic rings. The van der Waals surface area contributed by atoms with Crippen molar-refractivity contribution in [3.05, 3.63) is 71.9 Å². The second-order valence-corrected chi connectivity index (χ2v) is 9.99. The van der Waals surface area contributed by atoms with Crippen molar-refractivity contribution in [2.24, 2.45) is 0 Å². The van der Waals surface area contributed by atoms with E-state index in [1.54, 1.807) is 44.7 Å². The van der Waals surface area contributed by atoms with E-state index in [9.17, 15) is 4.79 Å². The third-order valence-electron chi connectivity index (χ3n) is 7.05. The Morgan fingerprint density at radius 3 is 2.45 bits per heavy atom. The van der Waals surface area contributed by atoms with Gasteiger partial charge in [0.15, 0.2) is 11.5 Å². The quantitative estimate of drug-likeness (QED) is 0.238. The van der Waals surface area contributed by atoms with Crippen LogP contribution in [0.15, 0.2) is 60.8 Å². The third kappa shape index (κ3) is 7.02. The minimum atomic E-state index is -0.370. The van der Waals surface area contributed by atoms with E-state index in [1.807, 2.05) is 44.2 Å². The molecule has 3 aromatic carbocycles. The fraction of sp³-hybridized carbons (Fsp3) is 0.312. The second kappa shape index (κ2) is 13.4. The van der Waals surface area contributed by atoms with Crippen LogP contribution >= 0.6 is 0 Å². The maximum atomic E-state index is 12.7. The van der Waals surface area contributed by atoms with Crippen LogP contribution in [0.25, 0.3) is 10.9 Å². The van der Waals surface area contributed by atoms with Crippen LogP contribution in [0.3, 0.4) is 0 Å². The van der Waals surface area contributed by atoms with E-state index in [-0.39, 0.29) is 6.03 Å². The molecule has 0 spiro atoms. The molecule has 0 radical (unpaired) electrons. The van der Waals surface area contributed by atoms with Crippen molar-refractivity contribution >= 4 is 28.3 Å². The minimum Gasteiger partial charge on any atom is -0.494 e. The van der Waals surface area contributed by atoms with Crippen molar-refractivity contribution in [1.29, 1.82) is 0 Å². The fourth-order valence-electron chi connectivity index (χ4n) is 4.71. The van der Waals surface area contributed by atoms with Gasteiger partial charge in [0.2, 0.25) is 0 Å². The standard InChI is InChI=1S/C32H36N4O6/c1-21-5-6-22(2)26(17-21)35-32(37)34-25-8-7-23(18-29(25)38-3)42-28-9-10-33-27-20-31(30(39-4)19-24(27)28)41-16-13-36-11-14-40-15-12-36/h5-10,17-20H,11-16H2,1-4H3,(H2,34,35,37). The number of pyridine rings is 1. The topological polar surface area (TPSA) is 103 Å². The molecule has 10 heteroatoms. The maximum absolute atomic E-state index is 12.7. The smallest absolute Gasteiger partial charge is 0.323 e. The van der Waals surface area contributed by atoms with Gasteiger partial charge in [-0.05, 0) is 55.3 Å². The number of carbonyl (C=O) groups excluding carboxylic acids is 1. The Morgan fingerprint density at radius 2 is 1.67 bits per heavy atom. The largest absolute Gasteiger partial charge is 0.494 e. The van der Waals surface area contributed by atoms with Gasteiger partial charge in [-0.1, -0.05) is 12.1 Å². The Kier molecular flexibility index (Phi) is 9.25. The summed E-state index contributed by atoms with van der Waals surface area (Å²) in [6, 6.07) is 16.3. The zero-order valence-electron chi connectivity index (χ0n) is 24.4. The number of benzene rings is 3. The molecule has 0 unspecified atom stereocenters. The number of fused-ring (bicyclic) bond motifs is 1.